The number of hydrogen-bond acceptors (Lipinski definition) is 5. The number of nitrogens with one attached hydrogen (secondary N) is 1. The van der Waals surface area contributed by atoms with Gasteiger partial charge in [-0.25, -0.2) is 0 Å². The van der Waals surface area contributed by atoms with E-state index in [-0.39, 0.29) is 5.56 Å². The van der Waals surface area contributed by atoms with Crippen LogP contribution >= 0.6 is 0 Å². The molecule has 2 saturated heterocycles. The van der Waals surface area contributed by atoms with E-state index in [9.17, 15) is 4.79 Å². The van der Waals surface area contributed by atoms with Gasteiger partial charge in [-0.3, -0.25) is 14.5 Å². The van der Waals surface area contributed by atoms with Gasteiger partial charge in [0, 0.05) is 32.7 Å². The first-order valence-corrected chi connectivity index (χ1v) is 9.45. The third-order valence-electron chi connectivity index (χ3n) is 6.04. The van der Waals surface area contributed by atoms with Gasteiger partial charge in [-0.05, 0) is 43.4 Å². The van der Waals surface area contributed by atoms with Gasteiger partial charge in [-0.2, -0.15) is 10.1 Å². The van der Waals surface area contributed by atoms with Crippen LogP contribution in [0.5, 0.6) is 0 Å². The number of ether oxygens (including phenoxy) is 1. The van der Waals surface area contributed by atoms with E-state index in [0.717, 1.165) is 58.4 Å². The Balaban J connectivity index is 1.47. The van der Waals surface area contributed by atoms with Crippen molar-refractivity contribution in [1.82, 2.24) is 19.7 Å². The van der Waals surface area contributed by atoms with Crippen molar-refractivity contribution in [2.75, 3.05) is 31.2 Å². The molecule has 0 atom stereocenters. The third kappa shape index (κ3) is 2.60. The van der Waals surface area contributed by atoms with Crippen molar-refractivity contribution in [3.63, 3.8) is 0 Å². The summed E-state index contributed by atoms with van der Waals surface area (Å²) in [5, 5.41) is 7.64. The smallest absolute Gasteiger partial charge is 0.267 e. The standard InChI is InChI=1S/C19H23N5O2/c1-23-17(25)15-14(5-4-13-2-3-13)21-22-16(15)20-18(23)24-9-6-19(7-10-24)8-11-26-12-19/h13H,2-3,6-12H2,1H3,(H,21,22). The van der Waals surface area contributed by atoms with Gasteiger partial charge in [0.25, 0.3) is 5.56 Å². The Morgan fingerprint density at radius 2 is 2.08 bits per heavy atom. The zero-order valence-corrected chi connectivity index (χ0v) is 15.0. The molecule has 0 bridgehead atoms. The maximum absolute atomic E-state index is 12.9. The van der Waals surface area contributed by atoms with Crippen LogP contribution < -0.4 is 10.5 Å². The maximum atomic E-state index is 12.9. The fraction of sp³-hybridized carbons (Fsp3) is 0.632. The first kappa shape index (κ1) is 15.9. The van der Waals surface area contributed by atoms with Crippen molar-refractivity contribution in [2.45, 2.75) is 32.1 Å². The van der Waals surface area contributed by atoms with Gasteiger partial charge in [-0.1, -0.05) is 5.92 Å². The van der Waals surface area contributed by atoms with Gasteiger partial charge in [0.05, 0.1) is 6.61 Å². The van der Waals surface area contributed by atoms with E-state index in [1.54, 1.807) is 11.6 Å². The first-order valence-electron chi connectivity index (χ1n) is 9.45. The summed E-state index contributed by atoms with van der Waals surface area (Å²) in [5.74, 6) is 7.41. The highest BCUT2D eigenvalue weighted by atomic mass is 16.5. The van der Waals surface area contributed by atoms with E-state index in [1.807, 2.05) is 0 Å². The van der Waals surface area contributed by atoms with E-state index in [0.29, 0.717) is 34.0 Å². The summed E-state index contributed by atoms with van der Waals surface area (Å²) >= 11 is 0. The van der Waals surface area contributed by atoms with Gasteiger partial charge >= 0.3 is 0 Å². The molecule has 1 N–H and O–H groups in total. The van der Waals surface area contributed by atoms with Crippen LogP contribution in [0.1, 0.15) is 37.8 Å². The molecule has 3 aliphatic rings. The van der Waals surface area contributed by atoms with Crippen LogP contribution in [0.2, 0.25) is 0 Å². The Hall–Kier alpha value is -2.33. The predicted octanol–water partition coefficient (Wildman–Crippen LogP) is 1.42. The Morgan fingerprint density at radius 1 is 1.27 bits per heavy atom. The normalized spacial score (nSPS) is 22.0. The second-order valence-electron chi connectivity index (χ2n) is 7.91. The summed E-state index contributed by atoms with van der Waals surface area (Å²) in [4.78, 5) is 19.9. The van der Waals surface area contributed by atoms with Gasteiger partial charge in [0.1, 0.15) is 11.1 Å². The average Bonchev–Trinajstić information content (AvgIpc) is 3.23. The molecule has 5 rings (SSSR count). The molecular weight excluding hydrogens is 330 g/mol. The number of H-pyrrole nitrogens is 1. The highest BCUT2D eigenvalue weighted by Crippen LogP contribution is 2.39. The summed E-state index contributed by atoms with van der Waals surface area (Å²) in [6, 6.07) is 0. The second-order valence-corrected chi connectivity index (χ2v) is 7.91. The fourth-order valence-electron chi connectivity index (χ4n) is 4.05. The van der Waals surface area contributed by atoms with Crippen molar-refractivity contribution in [3.05, 3.63) is 16.0 Å². The van der Waals surface area contributed by atoms with Gasteiger partial charge in [0.15, 0.2) is 5.65 Å². The van der Waals surface area contributed by atoms with Crippen LogP contribution in [-0.4, -0.2) is 46.1 Å². The zero-order chi connectivity index (χ0) is 17.7. The minimum atomic E-state index is -0.0802. The molecule has 2 aliphatic heterocycles. The molecule has 7 nitrogen and oxygen atoms in total. The van der Waals surface area contributed by atoms with Crippen molar-refractivity contribution < 1.29 is 4.74 Å². The molecule has 2 aromatic heterocycles. The molecule has 3 fully saturated rings. The van der Waals surface area contributed by atoms with Crippen LogP contribution in [0, 0.1) is 23.2 Å². The second kappa shape index (κ2) is 5.85. The molecule has 2 aromatic rings. The number of anilines is 1. The van der Waals surface area contributed by atoms with E-state index >= 15 is 0 Å². The number of hydrogen-bond donors (Lipinski definition) is 1. The molecule has 0 radical (unpaired) electrons. The zero-order valence-electron chi connectivity index (χ0n) is 15.0. The number of nitrogens with zero attached hydrogens (tertiary/aromatic N) is 4. The number of rotatable bonds is 1. The Bertz CT molecular complexity index is 959. The molecule has 7 heteroatoms. The van der Waals surface area contributed by atoms with E-state index < -0.39 is 0 Å². The summed E-state index contributed by atoms with van der Waals surface area (Å²) in [6.07, 6.45) is 5.62. The molecule has 1 spiro atoms. The van der Waals surface area contributed by atoms with Crippen LogP contribution in [0.25, 0.3) is 11.0 Å². The Kier molecular flexibility index (Phi) is 3.57. The van der Waals surface area contributed by atoms with Gasteiger partial charge in [0.2, 0.25) is 5.95 Å². The maximum Gasteiger partial charge on any atom is 0.267 e. The summed E-state index contributed by atoms with van der Waals surface area (Å²) in [7, 11) is 1.79. The van der Waals surface area contributed by atoms with Crippen molar-refractivity contribution in [3.8, 4) is 11.8 Å². The quantitative estimate of drug-likeness (QED) is 0.785. The minimum absolute atomic E-state index is 0.0802. The SMILES string of the molecule is Cn1c(N2CCC3(CCOC3)CC2)nc2[nH]nc(C#CC3CC3)c2c1=O. The van der Waals surface area contributed by atoms with Gasteiger partial charge in [-0.15, -0.1) is 0 Å². The van der Waals surface area contributed by atoms with E-state index in [1.165, 1.54) is 0 Å². The van der Waals surface area contributed by atoms with Crippen molar-refractivity contribution in [1.29, 1.82) is 0 Å². The highest BCUT2D eigenvalue weighted by Gasteiger charge is 2.38. The lowest BCUT2D eigenvalue weighted by molar-refractivity contribution is 0.133. The molecule has 4 heterocycles. The third-order valence-corrected chi connectivity index (χ3v) is 6.04. The number of aromatic nitrogens is 4. The molecule has 1 aliphatic carbocycles. The topological polar surface area (TPSA) is 76.0 Å². The monoisotopic (exact) mass is 353 g/mol. The fourth-order valence-corrected chi connectivity index (χ4v) is 4.05. The van der Waals surface area contributed by atoms with E-state index in [4.69, 9.17) is 9.72 Å². The lowest BCUT2D eigenvalue weighted by Gasteiger charge is -2.39. The number of piperidine rings is 1. The summed E-state index contributed by atoms with van der Waals surface area (Å²) in [6.45, 7) is 3.55. The lowest BCUT2D eigenvalue weighted by atomic mass is 9.78. The largest absolute Gasteiger partial charge is 0.381 e. The lowest BCUT2D eigenvalue weighted by Crippen LogP contribution is -2.43. The average molecular weight is 353 g/mol. The molecule has 0 unspecified atom stereocenters. The van der Waals surface area contributed by atoms with Crippen LogP contribution in [0.4, 0.5) is 5.95 Å². The number of fused-ring (bicyclic) bond motifs is 1. The molecule has 26 heavy (non-hydrogen) atoms. The van der Waals surface area contributed by atoms with Crippen molar-refractivity contribution in [2.24, 2.45) is 18.4 Å². The highest BCUT2D eigenvalue weighted by molar-refractivity contribution is 5.80. The minimum Gasteiger partial charge on any atom is -0.381 e. The van der Waals surface area contributed by atoms with Crippen LogP contribution in [-0.2, 0) is 11.8 Å². The van der Waals surface area contributed by atoms with E-state index in [2.05, 4.69) is 26.9 Å². The Morgan fingerprint density at radius 3 is 2.77 bits per heavy atom. The molecule has 0 aromatic carbocycles. The summed E-state index contributed by atoms with van der Waals surface area (Å²) < 4.78 is 7.25. The molecule has 136 valence electrons. The van der Waals surface area contributed by atoms with Crippen molar-refractivity contribution >= 4 is 17.0 Å². The summed E-state index contributed by atoms with van der Waals surface area (Å²) in [5.41, 5.74) is 1.31. The first-order chi connectivity index (χ1) is 12.7. The molecular formula is C19H23N5O2. The van der Waals surface area contributed by atoms with Crippen LogP contribution in [0.3, 0.4) is 0 Å². The molecule has 1 saturated carbocycles. The Labute approximate surface area is 151 Å². The number of aromatic amines is 1. The molecule has 0 amide bonds. The van der Waals surface area contributed by atoms with Crippen LogP contribution in [0.15, 0.2) is 4.79 Å². The van der Waals surface area contributed by atoms with Gasteiger partial charge < -0.3 is 9.64 Å². The predicted molar refractivity (Wildman–Crippen MR) is 98.0 cm³/mol.